The summed E-state index contributed by atoms with van der Waals surface area (Å²) in [6, 6.07) is 9.17. The molecule has 0 bridgehead atoms. The van der Waals surface area contributed by atoms with Crippen molar-refractivity contribution in [2.45, 2.75) is 6.61 Å². The lowest BCUT2D eigenvalue weighted by atomic mass is 10.2. The van der Waals surface area contributed by atoms with E-state index in [0.717, 1.165) is 17.7 Å². The molecule has 0 amide bonds. The van der Waals surface area contributed by atoms with Crippen LogP contribution in [0.2, 0.25) is 0 Å². The van der Waals surface area contributed by atoms with Crippen LogP contribution in [0, 0.1) is 0 Å². The van der Waals surface area contributed by atoms with E-state index in [1.165, 1.54) is 0 Å². The van der Waals surface area contributed by atoms with Gasteiger partial charge in [-0.15, -0.1) is 0 Å². The van der Waals surface area contributed by atoms with Crippen LogP contribution in [0.4, 0.5) is 0 Å². The molecule has 0 fully saturated rings. The first-order valence-electron chi connectivity index (χ1n) is 5.20. The van der Waals surface area contributed by atoms with Crippen LogP contribution in [0.1, 0.15) is 5.56 Å². The zero-order valence-corrected chi connectivity index (χ0v) is 9.33. The number of carbonyl (C=O) groups is 2. The van der Waals surface area contributed by atoms with Gasteiger partial charge in [-0.3, -0.25) is 0 Å². The molecule has 0 radical (unpaired) electrons. The molecule has 1 heterocycles. The van der Waals surface area contributed by atoms with E-state index in [0.29, 0.717) is 0 Å². The predicted molar refractivity (Wildman–Crippen MR) is 61.1 cm³/mol. The van der Waals surface area contributed by atoms with E-state index < -0.39 is 17.7 Å². The van der Waals surface area contributed by atoms with Gasteiger partial charge in [0.1, 0.15) is 12.4 Å². The summed E-state index contributed by atoms with van der Waals surface area (Å²) in [6.45, 7) is 0.132. The van der Waals surface area contributed by atoms with Gasteiger partial charge in [0.05, 0.1) is 6.08 Å². The number of allylic oxidation sites excluding steroid dienone is 1. The number of aliphatic hydroxyl groups excluding tert-OH is 1. The maximum Gasteiger partial charge on any atom is 0.378 e. The molecule has 0 aliphatic carbocycles. The molecule has 1 aliphatic heterocycles. The van der Waals surface area contributed by atoms with E-state index in [1.54, 1.807) is 0 Å². The number of benzene rings is 1. The number of cyclic esters (lactones) is 1. The molecule has 0 saturated carbocycles. The molecule has 0 aromatic heterocycles. The maximum atomic E-state index is 11.4. The normalized spacial score (nSPS) is 16.3. The van der Waals surface area contributed by atoms with Crippen LogP contribution in [-0.2, 0) is 25.7 Å². The van der Waals surface area contributed by atoms with Crippen LogP contribution in [0.5, 0.6) is 0 Å². The second-order valence-corrected chi connectivity index (χ2v) is 3.56. The van der Waals surface area contributed by atoms with Gasteiger partial charge in [-0.2, -0.15) is 0 Å². The molecule has 92 valence electrons. The Bertz CT molecular complexity index is 528. The van der Waals surface area contributed by atoms with E-state index in [4.69, 9.17) is 9.84 Å². The molecule has 0 saturated heterocycles. The van der Waals surface area contributed by atoms with Crippen LogP contribution in [0.15, 0.2) is 54.0 Å². The average Bonchev–Trinajstić information content (AvgIpc) is 2.67. The number of aliphatic hydroxyl groups is 1. The summed E-state index contributed by atoms with van der Waals surface area (Å²) in [5.41, 5.74) is 0.853. The monoisotopic (exact) mass is 246 g/mol. The topological polar surface area (TPSA) is 72.8 Å². The lowest BCUT2D eigenvalue weighted by molar-refractivity contribution is -0.139. The average molecular weight is 246 g/mol. The van der Waals surface area contributed by atoms with E-state index in [-0.39, 0.29) is 12.4 Å². The molecule has 18 heavy (non-hydrogen) atoms. The Kier molecular flexibility index (Phi) is 3.43. The summed E-state index contributed by atoms with van der Waals surface area (Å²) in [7, 11) is 0. The number of hydrogen-bond donors (Lipinski definition) is 1. The number of esters is 2. The van der Waals surface area contributed by atoms with Gasteiger partial charge in [0.15, 0.2) is 0 Å². The Balaban J connectivity index is 1.90. The SMILES string of the molecule is O=C(/C=C1\C=C(O)C(=O)O1)OCc1ccccc1. The smallest absolute Gasteiger partial charge is 0.378 e. The quantitative estimate of drug-likeness (QED) is 0.648. The lowest BCUT2D eigenvalue weighted by Gasteiger charge is -2.02. The summed E-state index contributed by atoms with van der Waals surface area (Å²) in [5, 5.41) is 8.98. The second kappa shape index (κ2) is 5.18. The van der Waals surface area contributed by atoms with Gasteiger partial charge in [0, 0.05) is 6.08 Å². The molecular formula is C13H10O5. The van der Waals surface area contributed by atoms with Crippen molar-refractivity contribution in [3.63, 3.8) is 0 Å². The Labute approximate surface area is 103 Å². The van der Waals surface area contributed by atoms with Gasteiger partial charge < -0.3 is 14.6 Å². The van der Waals surface area contributed by atoms with Crippen molar-refractivity contribution in [1.82, 2.24) is 0 Å². The highest BCUT2D eigenvalue weighted by Crippen LogP contribution is 2.14. The second-order valence-electron chi connectivity index (χ2n) is 3.56. The third-order valence-corrected chi connectivity index (χ3v) is 2.18. The highest BCUT2D eigenvalue weighted by atomic mass is 16.6. The number of rotatable bonds is 3. The summed E-state index contributed by atoms with van der Waals surface area (Å²) in [4.78, 5) is 22.2. The molecule has 5 heteroatoms. The fourth-order valence-electron chi connectivity index (χ4n) is 1.34. The molecule has 1 aromatic carbocycles. The van der Waals surface area contributed by atoms with Gasteiger partial charge in [-0.25, -0.2) is 9.59 Å². The van der Waals surface area contributed by atoms with Gasteiger partial charge >= 0.3 is 11.9 Å². The molecule has 5 nitrogen and oxygen atoms in total. The molecule has 1 N–H and O–H groups in total. The molecule has 0 unspecified atom stereocenters. The van der Waals surface area contributed by atoms with Crippen LogP contribution in [0.3, 0.4) is 0 Å². The largest absolute Gasteiger partial charge is 0.502 e. The fraction of sp³-hybridized carbons (Fsp3) is 0.0769. The Morgan fingerprint density at radius 1 is 1.33 bits per heavy atom. The first kappa shape index (κ1) is 11.9. The highest BCUT2D eigenvalue weighted by Gasteiger charge is 2.20. The standard InChI is InChI=1S/C13H10O5/c14-11-6-10(18-13(11)16)7-12(15)17-8-9-4-2-1-3-5-9/h1-7,14H,8H2/b10-7+. The third-order valence-electron chi connectivity index (χ3n) is 2.18. The summed E-state index contributed by atoms with van der Waals surface area (Å²) < 4.78 is 9.52. The van der Waals surface area contributed by atoms with Crippen LogP contribution in [0.25, 0.3) is 0 Å². The molecule has 0 spiro atoms. The zero-order chi connectivity index (χ0) is 13.0. The Morgan fingerprint density at radius 2 is 2.06 bits per heavy atom. The third kappa shape index (κ3) is 2.98. The summed E-state index contributed by atoms with van der Waals surface area (Å²) >= 11 is 0. The molecule has 1 aliphatic rings. The van der Waals surface area contributed by atoms with E-state index in [2.05, 4.69) is 4.74 Å². The van der Waals surface area contributed by atoms with Gasteiger partial charge in [-0.05, 0) is 5.56 Å². The molecule has 1 aromatic rings. The minimum Gasteiger partial charge on any atom is -0.502 e. The van der Waals surface area contributed by atoms with Crippen molar-refractivity contribution in [2.24, 2.45) is 0 Å². The van der Waals surface area contributed by atoms with E-state index >= 15 is 0 Å². The van der Waals surface area contributed by atoms with E-state index in [9.17, 15) is 9.59 Å². The number of ether oxygens (including phenoxy) is 2. The highest BCUT2D eigenvalue weighted by molar-refractivity contribution is 5.92. The van der Waals surface area contributed by atoms with Crippen molar-refractivity contribution in [2.75, 3.05) is 0 Å². The molecular weight excluding hydrogens is 236 g/mol. The van der Waals surface area contributed by atoms with Crippen LogP contribution in [-0.4, -0.2) is 17.0 Å². The minimum absolute atomic E-state index is 0.0319. The number of carbonyl (C=O) groups excluding carboxylic acids is 2. The molecule has 0 atom stereocenters. The predicted octanol–water partition coefficient (Wildman–Crippen LogP) is 1.61. The van der Waals surface area contributed by atoms with Crippen molar-refractivity contribution in [1.29, 1.82) is 0 Å². The van der Waals surface area contributed by atoms with Crippen LogP contribution < -0.4 is 0 Å². The molecule has 2 rings (SSSR count). The first-order chi connectivity index (χ1) is 8.65. The maximum absolute atomic E-state index is 11.4. The van der Waals surface area contributed by atoms with Crippen molar-refractivity contribution < 1.29 is 24.2 Å². The van der Waals surface area contributed by atoms with Crippen molar-refractivity contribution in [3.8, 4) is 0 Å². The van der Waals surface area contributed by atoms with Crippen molar-refractivity contribution in [3.05, 3.63) is 59.6 Å². The first-order valence-corrected chi connectivity index (χ1v) is 5.20. The summed E-state index contributed by atoms with van der Waals surface area (Å²) in [6.07, 6.45) is 2.07. The van der Waals surface area contributed by atoms with Crippen LogP contribution >= 0.6 is 0 Å². The zero-order valence-electron chi connectivity index (χ0n) is 9.33. The van der Waals surface area contributed by atoms with Gasteiger partial charge in [0.25, 0.3) is 0 Å². The van der Waals surface area contributed by atoms with Gasteiger partial charge in [0.2, 0.25) is 5.76 Å². The van der Waals surface area contributed by atoms with E-state index in [1.807, 2.05) is 30.3 Å². The summed E-state index contributed by atoms with van der Waals surface area (Å²) in [5.74, 6) is -2.09. The number of hydrogen-bond acceptors (Lipinski definition) is 5. The Hall–Kier alpha value is -2.56. The van der Waals surface area contributed by atoms with Crippen molar-refractivity contribution >= 4 is 11.9 Å². The lowest BCUT2D eigenvalue weighted by Crippen LogP contribution is -2.03. The fourth-order valence-corrected chi connectivity index (χ4v) is 1.34. The Morgan fingerprint density at radius 3 is 2.67 bits per heavy atom. The van der Waals surface area contributed by atoms with Gasteiger partial charge in [-0.1, -0.05) is 30.3 Å². The minimum atomic E-state index is -0.878.